The SMILES string of the molecule is CCCC1Oc2c(Br)cc(Br)cc2C1O. The van der Waals surface area contributed by atoms with E-state index in [0.717, 1.165) is 33.1 Å². The van der Waals surface area contributed by atoms with Crippen molar-refractivity contribution in [2.75, 3.05) is 0 Å². The molecule has 0 radical (unpaired) electrons. The minimum atomic E-state index is -0.506. The summed E-state index contributed by atoms with van der Waals surface area (Å²) in [6.07, 6.45) is 1.28. The number of hydrogen-bond donors (Lipinski definition) is 1. The van der Waals surface area contributed by atoms with Gasteiger partial charge in [-0.3, -0.25) is 0 Å². The van der Waals surface area contributed by atoms with Crippen molar-refractivity contribution in [2.24, 2.45) is 0 Å². The van der Waals surface area contributed by atoms with Crippen molar-refractivity contribution in [3.8, 4) is 5.75 Å². The van der Waals surface area contributed by atoms with Gasteiger partial charge < -0.3 is 9.84 Å². The molecule has 0 saturated heterocycles. The minimum Gasteiger partial charge on any atom is -0.486 e. The van der Waals surface area contributed by atoms with Crippen molar-refractivity contribution in [1.29, 1.82) is 0 Å². The van der Waals surface area contributed by atoms with Gasteiger partial charge in [-0.2, -0.15) is 0 Å². The van der Waals surface area contributed by atoms with Gasteiger partial charge in [0.1, 0.15) is 18.0 Å². The highest BCUT2D eigenvalue weighted by atomic mass is 79.9. The lowest BCUT2D eigenvalue weighted by molar-refractivity contribution is 0.0614. The molecular weight excluding hydrogens is 324 g/mol. The molecule has 0 saturated carbocycles. The average molecular weight is 336 g/mol. The van der Waals surface area contributed by atoms with Gasteiger partial charge in [0, 0.05) is 10.0 Å². The molecule has 0 aromatic heterocycles. The van der Waals surface area contributed by atoms with Crippen LogP contribution < -0.4 is 4.74 Å². The van der Waals surface area contributed by atoms with Gasteiger partial charge in [0.05, 0.1) is 4.47 Å². The van der Waals surface area contributed by atoms with Gasteiger partial charge >= 0.3 is 0 Å². The number of aliphatic hydroxyl groups excluding tert-OH is 1. The Kier molecular flexibility index (Phi) is 3.38. The molecule has 2 unspecified atom stereocenters. The summed E-state index contributed by atoms with van der Waals surface area (Å²) in [6, 6.07) is 3.85. The molecule has 1 aliphatic rings. The van der Waals surface area contributed by atoms with Crippen LogP contribution in [0.5, 0.6) is 5.75 Å². The summed E-state index contributed by atoms with van der Waals surface area (Å²) in [4.78, 5) is 0. The van der Waals surface area contributed by atoms with Crippen LogP contribution in [0.2, 0.25) is 0 Å². The van der Waals surface area contributed by atoms with E-state index in [4.69, 9.17) is 4.74 Å². The van der Waals surface area contributed by atoms with Crippen LogP contribution in [0.25, 0.3) is 0 Å². The van der Waals surface area contributed by atoms with Crippen molar-refractivity contribution >= 4 is 31.9 Å². The fourth-order valence-electron chi connectivity index (χ4n) is 1.84. The molecular formula is C11H12Br2O2. The molecule has 0 amide bonds. The second kappa shape index (κ2) is 4.44. The summed E-state index contributed by atoms with van der Waals surface area (Å²) in [6.45, 7) is 2.09. The number of fused-ring (bicyclic) bond motifs is 1. The summed E-state index contributed by atoms with van der Waals surface area (Å²) < 4.78 is 7.57. The van der Waals surface area contributed by atoms with Gasteiger partial charge in [-0.15, -0.1) is 0 Å². The molecule has 2 rings (SSSR count). The molecule has 1 aromatic carbocycles. The van der Waals surface area contributed by atoms with Gasteiger partial charge in [-0.25, -0.2) is 0 Å². The first-order valence-corrected chi connectivity index (χ1v) is 6.55. The number of ether oxygens (including phenoxy) is 1. The van der Waals surface area contributed by atoms with E-state index in [1.54, 1.807) is 0 Å². The Morgan fingerprint density at radius 3 is 2.80 bits per heavy atom. The number of aliphatic hydroxyl groups is 1. The summed E-state index contributed by atoms with van der Waals surface area (Å²) in [7, 11) is 0. The topological polar surface area (TPSA) is 29.5 Å². The maximum atomic E-state index is 10.1. The van der Waals surface area contributed by atoms with E-state index in [-0.39, 0.29) is 6.10 Å². The first kappa shape index (κ1) is 11.4. The summed E-state index contributed by atoms with van der Waals surface area (Å²) in [5.74, 6) is 0.782. The second-order valence-electron chi connectivity index (χ2n) is 3.70. The van der Waals surface area contributed by atoms with Crippen LogP contribution in [0.15, 0.2) is 21.1 Å². The zero-order valence-corrected chi connectivity index (χ0v) is 11.5. The summed E-state index contributed by atoms with van der Waals surface area (Å²) in [5.41, 5.74) is 0.870. The fraction of sp³-hybridized carbons (Fsp3) is 0.455. The van der Waals surface area contributed by atoms with Gasteiger partial charge in [0.25, 0.3) is 0 Å². The third-order valence-corrected chi connectivity index (χ3v) is 3.60. The van der Waals surface area contributed by atoms with E-state index in [1.165, 1.54) is 0 Å². The maximum absolute atomic E-state index is 10.1. The molecule has 15 heavy (non-hydrogen) atoms. The molecule has 0 fully saturated rings. The lowest BCUT2D eigenvalue weighted by Crippen LogP contribution is -2.17. The predicted octanol–water partition coefficient (Wildman–Crippen LogP) is 3.81. The summed E-state index contributed by atoms with van der Waals surface area (Å²) >= 11 is 6.84. The van der Waals surface area contributed by atoms with Crippen molar-refractivity contribution in [2.45, 2.75) is 32.0 Å². The van der Waals surface area contributed by atoms with Crippen LogP contribution in [-0.4, -0.2) is 11.2 Å². The first-order valence-electron chi connectivity index (χ1n) is 4.97. The van der Waals surface area contributed by atoms with E-state index in [1.807, 2.05) is 12.1 Å². The lowest BCUT2D eigenvalue weighted by Gasteiger charge is -2.12. The zero-order chi connectivity index (χ0) is 11.0. The molecule has 2 nitrogen and oxygen atoms in total. The molecule has 1 aliphatic heterocycles. The van der Waals surface area contributed by atoms with E-state index >= 15 is 0 Å². The first-order chi connectivity index (χ1) is 7.13. The Balaban J connectivity index is 2.36. The molecule has 2 atom stereocenters. The van der Waals surface area contributed by atoms with Gasteiger partial charge in [0.2, 0.25) is 0 Å². The molecule has 0 spiro atoms. The second-order valence-corrected chi connectivity index (χ2v) is 5.47. The van der Waals surface area contributed by atoms with E-state index in [0.29, 0.717) is 0 Å². The molecule has 0 bridgehead atoms. The van der Waals surface area contributed by atoms with E-state index < -0.39 is 6.10 Å². The van der Waals surface area contributed by atoms with Crippen molar-refractivity contribution < 1.29 is 9.84 Å². The van der Waals surface area contributed by atoms with Crippen molar-refractivity contribution in [3.05, 3.63) is 26.6 Å². The van der Waals surface area contributed by atoms with Gasteiger partial charge in [-0.05, 0) is 34.5 Å². The zero-order valence-electron chi connectivity index (χ0n) is 8.34. The summed E-state index contributed by atoms with van der Waals surface area (Å²) in [5, 5.41) is 10.1. The number of rotatable bonds is 2. The van der Waals surface area contributed by atoms with Crippen LogP contribution in [0.3, 0.4) is 0 Å². The largest absolute Gasteiger partial charge is 0.486 e. The highest BCUT2D eigenvalue weighted by Crippen LogP contribution is 2.44. The number of benzene rings is 1. The molecule has 1 N–H and O–H groups in total. The standard InChI is InChI=1S/C11H12Br2O2/c1-2-3-9-10(14)7-4-6(12)5-8(13)11(7)15-9/h4-5,9-10,14H,2-3H2,1H3. The molecule has 4 heteroatoms. The fourth-order valence-corrected chi connectivity index (χ4v) is 3.19. The number of halogens is 2. The molecule has 1 heterocycles. The average Bonchev–Trinajstić information content (AvgIpc) is 2.47. The molecule has 1 aromatic rings. The van der Waals surface area contributed by atoms with Crippen LogP contribution in [0.1, 0.15) is 31.4 Å². The van der Waals surface area contributed by atoms with Gasteiger partial charge in [0.15, 0.2) is 0 Å². The van der Waals surface area contributed by atoms with Crippen molar-refractivity contribution in [1.82, 2.24) is 0 Å². The quantitative estimate of drug-likeness (QED) is 0.890. The Morgan fingerprint density at radius 2 is 2.13 bits per heavy atom. The van der Waals surface area contributed by atoms with E-state index in [9.17, 15) is 5.11 Å². The minimum absolute atomic E-state index is 0.101. The maximum Gasteiger partial charge on any atom is 0.140 e. The Hall–Kier alpha value is -0.0600. The van der Waals surface area contributed by atoms with Gasteiger partial charge in [-0.1, -0.05) is 29.3 Å². The highest BCUT2D eigenvalue weighted by molar-refractivity contribution is 9.11. The highest BCUT2D eigenvalue weighted by Gasteiger charge is 2.33. The monoisotopic (exact) mass is 334 g/mol. The number of hydrogen-bond acceptors (Lipinski definition) is 2. The Labute approximate surface area is 106 Å². The third kappa shape index (κ3) is 2.08. The predicted molar refractivity (Wildman–Crippen MR) is 66.1 cm³/mol. The van der Waals surface area contributed by atoms with E-state index in [2.05, 4.69) is 38.8 Å². The normalized spacial score (nSPS) is 23.7. The van der Waals surface area contributed by atoms with Crippen LogP contribution >= 0.6 is 31.9 Å². The molecule has 82 valence electrons. The smallest absolute Gasteiger partial charge is 0.140 e. The van der Waals surface area contributed by atoms with Crippen molar-refractivity contribution in [3.63, 3.8) is 0 Å². The Morgan fingerprint density at radius 1 is 1.40 bits per heavy atom. The third-order valence-electron chi connectivity index (χ3n) is 2.55. The van der Waals surface area contributed by atoms with Crippen LogP contribution in [0, 0.1) is 0 Å². The van der Waals surface area contributed by atoms with Crippen LogP contribution in [-0.2, 0) is 0 Å². The lowest BCUT2D eigenvalue weighted by atomic mass is 10.0. The Bertz CT molecular complexity index is 379. The van der Waals surface area contributed by atoms with Crippen LogP contribution in [0.4, 0.5) is 0 Å². The molecule has 0 aliphatic carbocycles.